The molecule has 106 valence electrons. The summed E-state index contributed by atoms with van der Waals surface area (Å²) in [6.07, 6.45) is 5.96. The van der Waals surface area contributed by atoms with Crippen LogP contribution in [0.5, 0.6) is 0 Å². The van der Waals surface area contributed by atoms with Crippen LogP contribution in [0, 0.1) is 0 Å². The molecule has 0 amide bonds. The SMILES string of the molecule is COCC(=O)Cc1ccc(-c2cn3cccnc3n2)cc1. The zero-order valence-electron chi connectivity index (χ0n) is 11.7. The van der Waals surface area contributed by atoms with Crippen molar-refractivity contribution in [1.29, 1.82) is 0 Å². The highest BCUT2D eigenvalue weighted by molar-refractivity contribution is 5.82. The molecule has 5 heteroatoms. The van der Waals surface area contributed by atoms with Crippen molar-refractivity contribution in [2.75, 3.05) is 13.7 Å². The molecule has 0 saturated carbocycles. The third kappa shape index (κ3) is 2.98. The number of ketones is 1. The molecule has 0 unspecified atom stereocenters. The molecule has 0 radical (unpaired) electrons. The number of fused-ring (bicyclic) bond motifs is 1. The topological polar surface area (TPSA) is 56.5 Å². The zero-order valence-corrected chi connectivity index (χ0v) is 11.7. The van der Waals surface area contributed by atoms with E-state index in [-0.39, 0.29) is 12.4 Å². The Morgan fingerprint density at radius 2 is 2.10 bits per heavy atom. The smallest absolute Gasteiger partial charge is 0.234 e. The van der Waals surface area contributed by atoms with Gasteiger partial charge in [-0.25, -0.2) is 9.97 Å². The van der Waals surface area contributed by atoms with Crippen molar-refractivity contribution in [3.8, 4) is 11.3 Å². The van der Waals surface area contributed by atoms with Gasteiger partial charge in [-0.05, 0) is 11.6 Å². The maximum atomic E-state index is 11.5. The third-order valence-electron chi connectivity index (χ3n) is 3.19. The van der Waals surface area contributed by atoms with Gasteiger partial charge in [-0.2, -0.15) is 0 Å². The molecule has 2 aromatic heterocycles. The van der Waals surface area contributed by atoms with Crippen LogP contribution in [0.4, 0.5) is 0 Å². The molecule has 0 atom stereocenters. The standard InChI is InChI=1S/C16H15N3O2/c1-21-11-14(20)9-12-3-5-13(6-4-12)15-10-19-8-2-7-17-16(19)18-15/h2-8,10H,9,11H2,1H3. The summed E-state index contributed by atoms with van der Waals surface area (Å²) in [5.41, 5.74) is 2.84. The molecule has 3 aromatic rings. The quantitative estimate of drug-likeness (QED) is 0.719. The summed E-state index contributed by atoms with van der Waals surface area (Å²) in [6.45, 7) is 0.153. The molecule has 0 aliphatic rings. The minimum absolute atomic E-state index is 0.0715. The Labute approximate surface area is 122 Å². The Kier molecular flexibility index (Phi) is 3.75. The molecule has 0 bridgehead atoms. The van der Waals surface area contributed by atoms with Crippen molar-refractivity contribution in [2.24, 2.45) is 0 Å². The summed E-state index contributed by atoms with van der Waals surface area (Å²) in [5, 5.41) is 0. The van der Waals surface area contributed by atoms with E-state index in [1.54, 1.807) is 6.20 Å². The fourth-order valence-corrected chi connectivity index (χ4v) is 2.20. The summed E-state index contributed by atoms with van der Waals surface area (Å²) in [4.78, 5) is 20.2. The minimum Gasteiger partial charge on any atom is -0.377 e. The Balaban J connectivity index is 1.81. The van der Waals surface area contributed by atoms with Crippen molar-refractivity contribution in [1.82, 2.24) is 14.4 Å². The first-order valence-electron chi connectivity index (χ1n) is 6.66. The van der Waals surface area contributed by atoms with Gasteiger partial charge in [0, 0.05) is 37.7 Å². The van der Waals surface area contributed by atoms with E-state index >= 15 is 0 Å². The van der Waals surface area contributed by atoms with Crippen LogP contribution in [0.1, 0.15) is 5.56 Å². The van der Waals surface area contributed by atoms with Gasteiger partial charge in [-0.3, -0.25) is 9.20 Å². The maximum Gasteiger partial charge on any atom is 0.234 e. The van der Waals surface area contributed by atoms with Crippen molar-refractivity contribution in [3.63, 3.8) is 0 Å². The first-order valence-corrected chi connectivity index (χ1v) is 6.66. The molecule has 21 heavy (non-hydrogen) atoms. The van der Waals surface area contributed by atoms with Gasteiger partial charge in [0.05, 0.1) is 5.69 Å². The van der Waals surface area contributed by atoms with Crippen LogP contribution in [0.3, 0.4) is 0 Å². The highest BCUT2D eigenvalue weighted by atomic mass is 16.5. The Bertz CT molecular complexity index is 730. The van der Waals surface area contributed by atoms with Gasteiger partial charge in [0.15, 0.2) is 5.78 Å². The van der Waals surface area contributed by atoms with Gasteiger partial charge >= 0.3 is 0 Å². The fraction of sp³-hybridized carbons (Fsp3) is 0.188. The lowest BCUT2D eigenvalue weighted by atomic mass is 10.1. The van der Waals surface area contributed by atoms with Gasteiger partial charge in [0.1, 0.15) is 6.61 Å². The summed E-state index contributed by atoms with van der Waals surface area (Å²) < 4.78 is 6.71. The first-order chi connectivity index (χ1) is 10.3. The van der Waals surface area contributed by atoms with E-state index in [1.165, 1.54) is 7.11 Å². The summed E-state index contributed by atoms with van der Waals surface area (Å²) in [7, 11) is 1.53. The van der Waals surface area contributed by atoms with Crippen LogP contribution in [-0.4, -0.2) is 33.9 Å². The predicted molar refractivity (Wildman–Crippen MR) is 79.0 cm³/mol. The van der Waals surface area contributed by atoms with Crippen LogP contribution in [0.2, 0.25) is 0 Å². The predicted octanol–water partition coefficient (Wildman–Crippen LogP) is 2.15. The average molecular weight is 281 g/mol. The number of rotatable bonds is 5. The largest absolute Gasteiger partial charge is 0.377 e. The van der Waals surface area contributed by atoms with Crippen LogP contribution < -0.4 is 0 Å². The van der Waals surface area contributed by atoms with Crippen LogP contribution in [0.15, 0.2) is 48.9 Å². The molecular formula is C16H15N3O2. The first kappa shape index (κ1) is 13.5. The molecule has 0 aliphatic heterocycles. The van der Waals surface area contributed by atoms with Gasteiger partial charge in [-0.15, -0.1) is 0 Å². The molecular weight excluding hydrogens is 266 g/mol. The van der Waals surface area contributed by atoms with E-state index in [4.69, 9.17) is 4.74 Å². The lowest BCUT2D eigenvalue weighted by Gasteiger charge is -2.02. The number of benzene rings is 1. The van der Waals surface area contributed by atoms with Crippen LogP contribution in [-0.2, 0) is 16.0 Å². The number of carbonyl (C=O) groups is 1. The van der Waals surface area contributed by atoms with E-state index in [1.807, 2.05) is 47.1 Å². The lowest BCUT2D eigenvalue weighted by Crippen LogP contribution is -2.09. The molecule has 0 aliphatic carbocycles. The summed E-state index contributed by atoms with van der Waals surface area (Å²) in [5.74, 6) is 0.744. The lowest BCUT2D eigenvalue weighted by molar-refractivity contribution is -0.121. The van der Waals surface area contributed by atoms with Crippen molar-refractivity contribution < 1.29 is 9.53 Å². The second-order valence-electron chi connectivity index (χ2n) is 4.80. The summed E-state index contributed by atoms with van der Waals surface area (Å²) >= 11 is 0. The highest BCUT2D eigenvalue weighted by Gasteiger charge is 2.06. The van der Waals surface area contributed by atoms with E-state index < -0.39 is 0 Å². The van der Waals surface area contributed by atoms with E-state index in [0.717, 1.165) is 16.8 Å². The van der Waals surface area contributed by atoms with E-state index in [9.17, 15) is 4.79 Å². The maximum absolute atomic E-state index is 11.5. The molecule has 1 aromatic carbocycles. The number of aromatic nitrogens is 3. The monoisotopic (exact) mass is 281 g/mol. The van der Waals surface area contributed by atoms with E-state index in [0.29, 0.717) is 12.2 Å². The summed E-state index contributed by atoms with van der Waals surface area (Å²) in [6, 6.07) is 9.69. The zero-order chi connectivity index (χ0) is 14.7. The third-order valence-corrected chi connectivity index (χ3v) is 3.19. The Morgan fingerprint density at radius 1 is 1.29 bits per heavy atom. The van der Waals surface area contributed by atoms with Gasteiger partial charge in [0.25, 0.3) is 0 Å². The van der Waals surface area contributed by atoms with Gasteiger partial charge in [-0.1, -0.05) is 24.3 Å². The number of hydrogen-bond acceptors (Lipinski definition) is 4. The Hall–Kier alpha value is -2.53. The number of nitrogens with zero attached hydrogens (tertiary/aromatic N) is 3. The normalized spacial score (nSPS) is 10.9. The number of imidazole rings is 1. The van der Waals surface area contributed by atoms with Crippen LogP contribution >= 0.6 is 0 Å². The number of carbonyl (C=O) groups excluding carboxylic acids is 1. The minimum atomic E-state index is 0.0715. The number of ether oxygens (including phenoxy) is 1. The van der Waals surface area contributed by atoms with Crippen LogP contribution in [0.25, 0.3) is 17.0 Å². The van der Waals surface area contributed by atoms with Crippen molar-refractivity contribution >= 4 is 11.6 Å². The second kappa shape index (κ2) is 5.85. The number of methoxy groups -OCH3 is 1. The second-order valence-corrected chi connectivity index (χ2v) is 4.80. The van der Waals surface area contributed by atoms with Crippen molar-refractivity contribution in [3.05, 3.63) is 54.5 Å². The molecule has 0 saturated heterocycles. The molecule has 5 nitrogen and oxygen atoms in total. The average Bonchev–Trinajstić information content (AvgIpc) is 2.92. The molecule has 3 rings (SSSR count). The van der Waals surface area contributed by atoms with Gasteiger partial charge in [0.2, 0.25) is 5.78 Å². The van der Waals surface area contributed by atoms with Crippen molar-refractivity contribution in [2.45, 2.75) is 6.42 Å². The van der Waals surface area contributed by atoms with E-state index in [2.05, 4.69) is 9.97 Å². The number of Topliss-reactive ketones (excluding diaryl/α,β-unsaturated/α-hetero) is 1. The molecule has 2 heterocycles. The molecule has 0 N–H and O–H groups in total. The highest BCUT2D eigenvalue weighted by Crippen LogP contribution is 2.19. The molecule has 0 spiro atoms. The Morgan fingerprint density at radius 3 is 2.81 bits per heavy atom. The molecule has 0 fully saturated rings. The fourth-order valence-electron chi connectivity index (χ4n) is 2.20. The number of hydrogen-bond donors (Lipinski definition) is 0. The van der Waals surface area contributed by atoms with Gasteiger partial charge < -0.3 is 4.74 Å².